The van der Waals surface area contributed by atoms with Crippen molar-refractivity contribution in [3.8, 4) is 0 Å². The summed E-state index contributed by atoms with van der Waals surface area (Å²) < 4.78 is 13.8. The molecule has 0 bridgehead atoms. The van der Waals surface area contributed by atoms with Crippen LogP contribution in [-0.2, 0) is 4.79 Å². The summed E-state index contributed by atoms with van der Waals surface area (Å²) in [6, 6.07) is 2.40. The number of nitrogens with zero attached hydrogens (tertiary/aromatic N) is 1. The summed E-state index contributed by atoms with van der Waals surface area (Å²) in [6.45, 7) is 0. The lowest BCUT2D eigenvalue weighted by atomic mass is 9.95. The van der Waals surface area contributed by atoms with E-state index in [1.807, 2.05) is 0 Å². The van der Waals surface area contributed by atoms with E-state index in [2.05, 4.69) is 0 Å². The van der Waals surface area contributed by atoms with Gasteiger partial charge in [0, 0.05) is 5.38 Å². The number of carbonyl (C=O) groups excluding carboxylic acids is 3. The van der Waals surface area contributed by atoms with Crippen LogP contribution in [-0.4, -0.2) is 17.7 Å². The smallest absolute Gasteiger partial charge is 0.326 e. The van der Waals surface area contributed by atoms with Crippen LogP contribution in [0.1, 0.15) is 21.2 Å². The highest BCUT2D eigenvalue weighted by Gasteiger charge is 2.45. The van der Waals surface area contributed by atoms with Crippen LogP contribution in [0.2, 0.25) is 10.0 Å². The summed E-state index contributed by atoms with van der Waals surface area (Å²) in [6.07, 6.45) is 0. The lowest BCUT2D eigenvalue weighted by Crippen LogP contribution is -2.40. The molecule has 2 aromatic rings. The van der Waals surface area contributed by atoms with Gasteiger partial charge in [0.15, 0.2) is 5.78 Å². The highest BCUT2D eigenvalue weighted by Crippen LogP contribution is 2.42. The number of thiophene rings is 1. The van der Waals surface area contributed by atoms with Gasteiger partial charge in [-0.15, -0.1) is 11.3 Å². The van der Waals surface area contributed by atoms with Gasteiger partial charge in [-0.05, 0) is 23.8 Å². The minimum Gasteiger partial charge on any atom is -0.351 e. The predicted molar refractivity (Wildman–Crippen MR) is 84.9 cm³/mol. The number of primary amides is 1. The maximum atomic E-state index is 13.8. The van der Waals surface area contributed by atoms with Gasteiger partial charge in [-0.3, -0.25) is 9.59 Å². The van der Waals surface area contributed by atoms with E-state index in [-0.39, 0.29) is 21.2 Å². The van der Waals surface area contributed by atoms with Crippen LogP contribution in [0.3, 0.4) is 0 Å². The zero-order chi connectivity index (χ0) is 16.9. The quantitative estimate of drug-likeness (QED) is 0.645. The normalized spacial score (nSPS) is 16.6. The summed E-state index contributed by atoms with van der Waals surface area (Å²) in [7, 11) is 0. The number of fused-ring (bicyclic) bond motifs is 1. The van der Waals surface area contributed by atoms with Gasteiger partial charge in [0.1, 0.15) is 11.7 Å². The molecule has 1 aliphatic heterocycles. The number of ketones is 1. The van der Waals surface area contributed by atoms with Crippen molar-refractivity contribution in [2.45, 2.75) is 5.92 Å². The van der Waals surface area contributed by atoms with Crippen LogP contribution in [0.4, 0.5) is 14.9 Å². The van der Waals surface area contributed by atoms with Crippen molar-refractivity contribution in [2.75, 3.05) is 4.90 Å². The third kappa shape index (κ3) is 2.50. The SMILES string of the molecule is NC(=O)N1C(=O)C(C(=O)c2cc(Cl)cs2)c2cc(F)c(Cl)cc21. The largest absolute Gasteiger partial charge is 0.351 e. The van der Waals surface area contributed by atoms with Crippen LogP contribution >= 0.6 is 34.5 Å². The molecule has 1 aromatic carbocycles. The molecule has 3 rings (SSSR count). The molecule has 23 heavy (non-hydrogen) atoms. The molecule has 0 fully saturated rings. The monoisotopic (exact) mass is 372 g/mol. The van der Waals surface area contributed by atoms with E-state index < -0.39 is 29.5 Å². The minimum atomic E-state index is -1.36. The highest BCUT2D eigenvalue weighted by atomic mass is 35.5. The van der Waals surface area contributed by atoms with E-state index in [0.29, 0.717) is 9.92 Å². The Morgan fingerprint density at radius 1 is 1.26 bits per heavy atom. The maximum Gasteiger partial charge on any atom is 0.326 e. The summed E-state index contributed by atoms with van der Waals surface area (Å²) in [5.74, 6) is -3.59. The fourth-order valence-corrected chi connectivity index (χ4v) is 3.62. The van der Waals surface area contributed by atoms with Gasteiger partial charge in [-0.25, -0.2) is 14.1 Å². The molecular weight excluding hydrogens is 366 g/mol. The fourth-order valence-electron chi connectivity index (χ4n) is 2.42. The van der Waals surface area contributed by atoms with Crippen LogP contribution in [0.25, 0.3) is 0 Å². The van der Waals surface area contributed by atoms with Gasteiger partial charge in [0.05, 0.1) is 20.6 Å². The standard InChI is InChI=1S/C14H7Cl2FN2O3S/c15-5-1-10(23-4-5)12(20)11-6-2-8(17)7(16)3-9(6)19(13(11)21)14(18)22/h1-4,11H,(H2,18,22). The van der Waals surface area contributed by atoms with Crippen molar-refractivity contribution < 1.29 is 18.8 Å². The number of amides is 3. The van der Waals surface area contributed by atoms with Crippen molar-refractivity contribution >= 4 is 57.9 Å². The molecule has 0 spiro atoms. The minimum absolute atomic E-state index is 0.00917. The van der Waals surface area contributed by atoms with Gasteiger partial charge >= 0.3 is 6.03 Å². The third-order valence-corrected chi connectivity index (χ3v) is 4.96. The first-order valence-corrected chi connectivity index (χ1v) is 7.85. The Bertz CT molecular complexity index is 868. The van der Waals surface area contributed by atoms with Crippen LogP contribution in [0, 0.1) is 5.82 Å². The van der Waals surface area contributed by atoms with E-state index in [0.717, 1.165) is 23.5 Å². The van der Waals surface area contributed by atoms with Crippen LogP contribution < -0.4 is 10.6 Å². The zero-order valence-electron chi connectivity index (χ0n) is 11.2. The fraction of sp³-hybridized carbons (Fsp3) is 0.0714. The number of imide groups is 1. The third-order valence-electron chi connectivity index (χ3n) is 3.38. The molecule has 9 heteroatoms. The second kappa shape index (κ2) is 5.59. The zero-order valence-corrected chi connectivity index (χ0v) is 13.5. The summed E-state index contributed by atoms with van der Waals surface area (Å²) >= 11 is 12.5. The maximum absolute atomic E-state index is 13.8. The molecule has 1 aromatic heterocycles. The van der Waals surface area contributed by atoms with Crippen LogP contribution in [0.15, 0.2) is 23.6 Å². The molecule has 2 heterocycles. The average molecular weight is 373 g/mol. The molecule has 0 radical (unpaired) electrons. The summed E-state index contributed by atoms with van der Waals surface area (Å²) in [5, 5.41) is 1.59. The number of rotatable bonds is 2. The number of nitrogens with two attached hydrogens (primary N) is 1. The molecule has 118 valence electrons. The number of anilines is 1. The van der Waals surface area contributed by atoms with Gasteiger partial charge in [-0.2, -0.15) is 0 Å². The molecule has 0 aliphatic carbocycles. The van der Waals surface area contributed by atoms with Crippen molar-refractivity contribution in [1.29, 1.82) is 0 Å². The summed E-state index contributed by atoms with van der Waals surface area (Å²) in [4.78, 5) is 37.4. The molecule has 2 N–H and O–H groups in total. The van der Waals surface area contributed by atoms with Gasteiger partial charge in [0.25, 0.3) is 5.91 Å². The van der Waals surface area contributed by atoms with Crippen molar-refractivity contribution in [1.82, 2.24) is 0 Å². The highest BCUT2D eigenvalue weighted by molar-refractivity contribution is 7.12. The Kier molecular flexibility index (Phi) is 3.87. The molecular formula is C14H7Cl2FN2O3S. The van der Waals surface area contributed by atoms with E-state index in [1.54, 1.807) is 0 Å². The van der Waals surface area contributed by atoms with Gasteiger partial charge in [0.2, 0.25) is 0 Å². The Morgan fingerprint density at radius 2 is 1.96 bits per heavy atom. The first-order chi connectivity index (χ1) is 10.8. The Hall–Kier alpha value is -1.96. The second-order valence-electron chi connectivity index (χ2n) is 4.76. The van der Waals surface area contributed by atoms with Crippen molar-refractivity contribution in [2.24, 2.45) is 5.73 Å². The van der Waals surface area contributed by atoms with Crippen molar-refractivity contribution in [3.63, 3.8) is 0 Å². The number of benzene rings is 1. The lowest BCUT2D eigenvalue weighted by molar-refractivity contribution is -0.117. The number of hydrogen-bond donors (Lipinski definition) is 1. The molecule has 0 saturated carbocycles. The van der Waals surface area contributed by atoms with E-state index in [1.165, 1.54) is 11.4 Å². The van der Waals surface area contributed by atoms with Gasteiger partial charge in [-0.1, -0.05) is 23.2 Å². The van der Waals surface area contributed by atoms with Crippen LogP contribution in [0.5, 0.6) is 0 Å². The molecule has 0 saturated heterocycles. The summed E-state index contributed by atoms with van der Waals surface area (Å²) in [5.41, 5.74) is 5.25. The molecule has 1 atom stereocenters. The number of halogens is 3. The first-order valence-electron chi connectivity index (χ1n) is 6.22. The van der Waals surface area contributed by atoms with E-state index >= 15 is 0 Å². The molecule has 5 nitrogen and oxygen atoms in total. The number of urea groups is 1. The van der Waals surface area contributed by atoms with Crippen molar-refractivity contribution in [3.05, 3.63) is 49.9 Å². The predicted octanol–water partition coefficient (Wildman–Crippen LogP) is 3.59. The van der Waals surface area contributed by atoms with E-state index in [4.69, 9.17) is 28.9 Å². The Labute approximate surface area is 143 Å². The Balaban J connectivity index is 2.16. The number of hydrogen-bond acceptors (Lipinski definition) is 4. The molecule has 1 aliphatic rings. The molecule has 1 unspecified atom stereocenters. The lowest BCUT2D eigenvalue weighted by Gasteiger charge is -2.12. The second-order valence-corrected chi connectivity index (χ2v) is 6.52. The van der Waals surface area contributed by atoms with Gasteiger partial charge < -0.3 is 5.73 Å². The Morgan fingerprint density at radius 3 is 2.52 bits per heavy atom. The topological polar surface area (TPSA) is 80.5 Å². The first kappa shape index (κ1) is 15.9. The van der Waals surface area contributed by atoms with E-state index in [9.17, 15) is 18.8 Å². The number of carbonyl (C=O) groups is 3. The average Bonchev–Trinajstić information content (AvgIpc) is 3.00. The molecule has 3 amide bonds. The number of Topliss-reactive ketones (excluding diaryl/α,β-unsaturated/α-hetero) is 1.